The van der Waals surface area contributed by atoms with Crippen molar-refractivity contribution in [2.45, 2.75) is 44.2 Å². The number of carbonyl (C=O) groups is 1. The van der Waals surface area contributed by atoms with Crippen LogP contribution in [0.5, 0.6) is 0 Å². The molecule has 0 bridgehead atoms. The Morgan fingerprint density at radius 1 is 1.37 bits per heavy atom. The Hall–Kier alpha value is -1.13. The SMILES string of the molecule is O=C(Cc1ccoc1)C1CCCN1C1CCNCC1. The number of piperidine rings is 1. The van der Waals surface area contributed by atoms with Crippen molar-refractivity contribution in [1.82, 2.24) is 10.2 Å². The molecule has 3 rings (SSSR count). The molecule has 1 atom stereocenters. The fraction of sp³-hybridized carbons (Fsp3) is 0.667. The van der Waals surface area contributed by atoms with Gasteiger partial charge in [0.15, 0.2) is 5.78 Å². The van der Waals surface area contributed by atoms with E-state index in [9.17, 15) is 4.79 Å². The molecule has 1 N–H and O–H groups in total. The summed E-state index contributed by atoms with van der Waals surface area (Å²) in [6.07, 6.45) is 8.38. The molecule has 2 aliphatic heterocycles. The second kappa shape index (κ2) is 5.88. The third-order valence-corrected chi connectivity index (χ3v) is 4.40. The normalized spacial score (nSPS) is 25.8. The van der Waals surface area contributed by atoms with E-state index in [-0.39, 0.29) is 6.04 Å². The fourth-order valence-corrected chi connectivity index (χ4v) is 3.42. The van der Waals surface area contributed by atoms with Gasteiger partial charge in [0.1, 0.15) is 0 Å². The van der Waals surface area contributed by atoms with Crippen LogP contribution in [0.1, 0.15) is 31.2 Å². The highest BCUT2D eigenvalue weighted by Crippen LogP contribution is 2.25. The minimum Gasteiger partial charge on any atom is -0.472 e. The van der Waals surface area contributed by atoms with Gasteiger partial charge in [0.2, 0.25) is 0 Å². The molecule has 0 saturated carbocycles. The molecule has 4 heteroatoms. The van der Waals surface area contributed by atoms with Crippen LogP contribution in [0.3, 0.4) is 0 Å². The van der Waals surface area contributed by atoms with Crippen LogP contribution in [0.4, 0.5) is 0 Å². The monoisotopic (exact) mass is 262 g/mol. The van der Waals surface area contributed by atoms with Crippen molar-refractivity contribution in [3.63, 3.8) is 0 Å². The van der Waals surface area contributed by atoms with E-state index in [2.05, 4.69) is 10.2 Å². The van der Waals surface area contributed by atoms with Crippen LogP contribution in [-0.2, 0) is 11.2 Å². The first-order valence-electron chi connectivity index (χ1n) is 7.35. The third-order valence-electron chi connectivity index (χ3n) is 4.40. The van der Waals surface area contributed by atoms with Crippen molar-refractivity contribution in [2.24, 2.45) is 0 Å². The second-order valence-corrected chi connectivity index (χ2v) is 5.65. The highest BCUT2D eigenvalue weighted by atomic mass is 16.3. The summed E-state index contributed by atoms with van der Waals surface area (Å²) in [5.41, 5.74) is 1.00. The number of hydrogen-bond acceptors (Lipinski definition) is 4. The van der Waals surface area contributed by atoms with Gasteiger partial charge in [-0.1, -0.05) is 0 Å². The largest absolute Gasteiger partial charge is 0.472 e. The van der Waals surface area contributed by atoms with Crippen molar-refractivity contribution in [3.8, 4) is 0 Å². The van der Waals surface area contributed by atoms with Gasteiger partial charge in [-0.15, -0.1) is 0 Å². The summed E-state index contributed by atoms with van der Waals surface area (Å²) in [6.45, 7) is 3.26. The standard InChI is InChI=1S/C15H22N2O2/c18-15(10-12-5-9-19-11-12)14-2-1-8-17(14)13-3-6-16-7-4-13/h5,9,11,13-14,16H,1-4,6-8,10H2. The van der Waals surface area contributed by atoms with Gasteiger partial charge in [-0.25, -0.2) is 0 Å². The first kappa shape index (κ1) is 12.9. The van der Waals surface area contributed by atoms with Crippen molar-refractivity contribution in [3.05, 3.63) is 24.2 Å². The van der Waals surface area contributed by atoms with E-state index < -0.39 is 0 Å². The molecule has 0 aliphatic carbocycles. The van der Waals surface area contributed by atoms with Crippen molar-refractivity contribution in [2.75, 3.05) is 19.6 Å². The minimum absolute atomic E-state index is 0.137. The Labute approximate surface area is 114 Å². The zero-order valence-corrected chi connectivity index (χ0v) is 11.3. The maximum absolute atomic E-state index is 12.5. The van der Waals surface area contributed by atoms with Crippen LogP contribution in [0.15, 0.2) is 23.0 Å². The molecule has 2 fully saturated rings. The Morgan fingerprint density at radius 2 is 2.21 bits per heavy atom. The summed E-state index contributed by atoms with van der Waals surface area (Å²) in [7, 11) is 0. The highest BCUT2D eigenvalue weighted by Gasteiger charge is 2.35. The van der Waals surface area contributed by atoms with Gasteiger partial charge in [-0.2, -0.15) is 0 Å². The number of nitrogens with one attached hydrogen (secondary N) is 1. The Kier molecular flexibility index (Phi) is 3.99. The number of furan rings is 1. The molecule has 2 aliphatic rings. The quantitative estimate of drug-likeness (QED) is 0.895. The van der Waals surface area contributed by atoms with Gasteiger partial charge in [0, 0.05) is 12.5 Å². The number of rotatable bonds is 4. The van der Waals surface area contributed by atoms with Gasteiger partial charge < -0.3 is 9.73 Å². The second-order valence-electron chi connectivity index (χ2n) is 5.65. The molecule has 2 saturated heterocycles. The molecule has 1 aromatic heterocycles. The zero-order valence-electron chi connectivity index (χ0n) is 11.3. The number of likely N-dealkylation sites (tertiary alicyclic amines) is 1. The summed E-state index contributed by atoms with van der Waals surface area (Å²) in [4.78, 5) is 14.9. The third kappa shape index (κ3) is 2.90. The molecule has 1 aromatic rings. The Morgan fingerprint density at radius 3 is 2.95 bits per heavy atom. The maximum atomic E-state index is 12.5. The molecule has 3 heterocycles. The van der Waals surface area contributed by atoms with Crippen LogP contribution in [0.25, 0.3) is 0 Å². The molecule has 0 spiro atoms. The molecule has 104 valence electrons. The van der Waals surface area contributed by atoms with E-state index in [1.165, 1.54) is 12.8 Å². The van der Waals surface area contributed by atoms with Crippen molar-refractivity contribution < 1.29 is 9.21 Å². The lowest BCUT2D eigenvalue weighted by Gasteiger charge is -2.35. The average Bonchev–Trinajstić information content (AvgIpc) is 3.10. The molecule has 0 radical (unpaired) electrons. The maximum Gasteiger partial charge on any atom is 0.154 e. The molecule has 1 unspecified atom stereocenters. The number of nitrogens with zero attached hydrogens (tertiary/aromatic N) is 1. The molecule has 0 aromatic carbocycles. The van der Waals surface area contributed by atoms with E-state index in [0.717, 1.165) is 38.0 Å². The molecule has 19 heavy (non-hydrogen) atoms. The molecular formula is C15H22N2O2. The first-order chi connectivity index (χ1) is 9.34. The van der Waals surface area contributed by atoms with Crippen molar-refractivity contribution in [1.29, 1.82) is 0 Å². The number of ketones is 1. The summed E-state index contributed by atoms with van der Waals surface area (Å²) in [5.74, 6) is 0.359. The summed E-state index contributed by atoms with van der Waals surface area (Å²) in [5, 5.41) is 3.39. The van der Waals surface area contributed by atoms with Crippen molar-refractivity contribution >= 4 is 5.78 Å². The summed E-state index contributed by atoms with van der Waals surface area (Å²) >= 11 is 0. The molecule has 0 amide bonds. The fourth-order valence-electron chi connectivity index (χ4n) is 3.42. The number of Topliss-reactive ketones (excluding diaryl/α,β-unsaturated/α-hetero) is 1. The van der Waals surface area contributed by atoms with Crippen LogP contribution >= 0.6 is 0 Å². The predicted octanol–water partition coefficient (Wildman–Crippen LogP) is 1.61. The van der Waals surface area contributed by atoms with Gasteiger partial charge in [0.05, 0.1) is 18.6 Å². The van der Waals surface area contributed by atoms with E-state index in [4.69, 9.17) is 4.42 Å². The van der Waals surface area contributed by atoms with Crippen LogP contribution in [-0.4, -0.2) is 42.4 Å². The topological polar surface area (TPSA) is 45.5 Å². The zero-order chi connectivity index (χ0) is 13.1. The number of hydrogen-bond donors (Lipinski definition) is 1. The highest BCUT2D eigenvalue weighted by molar-refractivity contribution is 5.86. The van der Waals surface area contributed by atoms with Crippen LogP contribution in [0.2, 0.25) is 0 Å². The van der Waals surface area contributed by atoms with Crippen LogP contribution < -0.4 is 5.32 Å². The smallest absolute Gasteiger partial charge is 0.154 e. The van der Waals surface area contributed by atoms with E-state index in [1.807, 2.05) is 6.07 Å². The van der Waals surface area contributed by atoms with Gasteiger partial charge in [-0.05, 0) is 56.9 Å². The summed E-state index contributed by atoms with van der Waals surface area (Å²) in [6, 6.07) is 2.63. The predicted molar refractivity (Wildman–Crippen MR) is 73.0 cm³/mol. The lowest BCUT2D eigenvalue weighted by molar-refractivity contribution is -0.123. The molecular weight excluding hydrogens is 240 g/mol. The summed E-state index contributed by atoms with van der Waals surface area (Å²) < 4.78 is 5.05. The lowest BCUT2D eigenvalue weighted by Crippen LogP contribution is -2.48. The van der Waals surface area contributed by atoms with Gasteiger partial charge in [-0.3, -0.25) is 9.69 Å². The average molecular weight is 262 g/mol. The Bertz CT molecular complexity index is 410. The molecule has 4 nitrogen and oxygen atoms in total. The van der Waals surface area contributed by atoms with Crippen LogP contribution in [0, 0.1) is 0 Å². The van der Waals surface area contributed by atoms with E-state index in [1.54, 1.807) is 12.5 Å². The van der Waals surface area contributed by atoms with E-state index in [0.29, 0.717) is 18.2 Å². The minimum atomic E-state index is 0.137. The lowest BCUT2D eigenvalue weighted by atomic mass is 9.99. The Balaban J connectivity index is 1.63. The first-order valence-corrected chi connectivity index (χ1v) is 7.35. The van der Waals surface area contributed by atoms with Gasteiger partial charge >= 0.3 is 0 Å². The van der Waals surface area contributed by atoms with E-state index >= 15 is 0 Å². The number of carbonyl (C=O) groups excluding carboxylic acids is 1. The van der Waals surface area contributed by atoms with Gasteiger partial charge in [0.25, 0.3) is 0 Å².